The lowest BCUT2D eigenvalue weighted by atomic mass is 10.1. The molecule has 7 heteroatoms. The zero-order chi connectivity index (χ0) is 17.9. The average Bonchev–Trinajstić information content (AvgIpc) is 2.45. The van der Waals surface area contributed by atoms with Gasteiger partial charge in [0.15, 0.2) is 5.11 Å². The van der Waals surface area contributed by atoms with Crippen molar-refractivity contribution in [2.75, 3.05) is 5.32 Å². The summed E-state index contributed by atoms with van der Waals surface area (Å²) in [5.41, 5.74) is 4.16. The topological polar surface area (TPSA) is 84.2 Å². The molecule has 4 N–H and O–H groups in total. The van der Waals surface area contributed by atoms with Gasteiger partial charge in [-0.15, -0.1) is 0 Å². The third-order valence-corrected chi connectivity index (χ3v) is 4.68. The summed E-state index contributed by atoms with van der Waals surface area (Å²) in [5.74, 6) is 0. The quantitative estimate of drug-likeness (QED) is 0.727. The summed E-state index contributed by atoms with van der Waals surface area (Å²) in [4.78, 5) is 0.0920. The Kier molecular flexibility index (Phi) is 5.58. The van der Waals surface area contributed by atoms with Gasteiger partial charge >= 0.3 is 0 Å². The third kappa shape index (κ3) is 5.02. The van der Waals surface area contributed by atoms with Gasteiger partial charge in [0, 0.05) is 5.69 Å². The number of nitrogens with two attached hydrogens (primary N) is 1. The highest BCUT2D eigenvalue weighted by Gasteiger charge is 2.11. The summed E-state index contributed by atoms with van der Waals surface area (Å²) in [7, 11) is -3.68. The maximum Gasteiger partial charge on any atom is 0.238 e. The van der Waals surface area contributed by atoms with E-state index in [1.54, 1.807) is 12.1 Å². The highest BCUT2D eigenvalue weighted by molar-refractivity contribution is 7.89. The Morgan fingerprint density at radius 1 is 1.08 bits per heavy atom. The second kappa shape index (κ2) is 7.29. The van der Waals surface area contributed by atoms with E-state index in [0.29, 0.717) is 5.11 Å². The van der Waals surface area contributed by atoms with Crippen molar-refractivity contribution in [3.8, 4) is 0 Å². The lowest BCUT2D eigenvalue weighted by molar-refractivity contribution is 0.597. The smallest absolute Gasteiger partial charge is 0.238 e. The predicted octanol–water partition coefficient (Wildman–Crippen LogP) is 3.00. The van der Waals surface area contributed by atoms with Gasteiger partial charge in [-0.1, -0.05) is 18.2 Å². The van der Waals surface area contributed by atoms with Crippen molar-refractivity contribution < 1.29 is 8.42 Å². The first-order valence-electron chi connectivity index (χ1n) is 7.44. The van der Waals surface area contributed by atoms with E-state index in [-0.39, 0.29) is 10.9 Å². The van der Waals surface area contributed by atoms with E-state index in [2.05, 4.69) is 16.7 Å². The number of rotatable bonds is 4. The first kappa shape index (κ1) is 18.4. The Morgan fingerprint density at radius 2 is 1.62 bits per heavy atom. The van der Waals surface area contributed by atoms with Crippen LogP contribution in [0.1, 0.15) is 29.7 Å². The standard InChI is InChI=1S/C17H21N3O2S2/c1-11-8-12(2)10-15(9-11)20-17(23)19-13(3)14-4-6-16(7-5-14)24(18,21)22/h4-10,13H,1-3H3,(H2,18,21,22)(H2,19,20,23)/t13-/m1/s1. The largest absolute Gasteiger partial charge is 0.356 e. The first-order chi connectivity index (χ1) is 11.1. The van der Waals surface area contributed by atoms with Crippen LogP contribution in [0.15, 0.2) is 47.4 Å². The first-order valence-corrected chi connectivity index (χ1v) is 9.39. The summed E-state index contributed by atoms with van der Waals surface area (Å²) >= 11 is 5.35. The van der Waals surface area contributed by atoms with Gasteiger partial charge in [-0.3, -0.25) is 0 Å². The molecule has 128 valence electrons. The van der Waals surface area contributed by atoms with E-state index in [9.17, 15) is 8.42 Å². The van der Waals surface area contributed by atoms with Crippen molar-refractivity contribution in [2.45, 2.75) is 31.7 Å². The summed E-state index contributed by atoms with van der Waals surface area (Å²) < 4.78 is 22.6. The van der Waals surface area contributed by atoms with Crippen molar-refractivity contribution in [1.29, 1.82) is 0 Å². The molecule has 24 heavy (non-hydrogen) atoms. The van der Waals surface area contributed by atoms with E-state index in [1.165, 1.54) is 12.1 Å². The van der Waals surface area contributed by atoms with Crippen LogP contribution in [0.2, 0.25) is 0 Å². The van der Waals surface area contributed by atoms with Gasteiger partial charge in [-0.2, -0.15) is 0 Å². The summed E-state index contributed by atoms with van der Waals surface area (Å²) in [5, 5.41) is 11.9. The molecule has 0 unspecified atom stereocenters. The molecule has 0 amide bonds. The Labute approximate surface area is 148 Å². The van der Waals surface area contributed by atoms with Crippen LogP contribution in [-0.4, -0.2) is 13.5 Å². The highest BCUT2D eigenvalue weighted by atomic mass is 32.2. The fourth-order valence-electron chi connectivity index (χ4n) is 2.44. The van der Waals surface area contributed by atoms with Crippen LogP contribution in [0, 0.1) is 13.8 Å². The van der Waals surface area contributed by atoms with Crippen LogP contribution < -0.4 is 15.8 Å². The van der Waals surface area contributed by atoms with Crippen molar-refractivity contribution in [2.24, 2.45) is 5.14 Å². The molecule has 0 saturated heterocycles. The number of aryl methyl sites for hydroxylation is 2. The highest BCUT2D eigenvalue weighted by Crippen LogP contribution is 2.17. The Morgan fingerprint density at radius 3 is 2.12 bits per heavy atom. The van der Waals surface area contributed by atoms with Gasteiger partial charge in [0.2, 0.25) is 10.0 Å². The number of hydrogen-bond acceptors (Lipinski definition) is 3. The molecule has 0 bridgehead atoms. The minimum atomic E-state index is -3.68. The minimum Gasteiger partial charge on any atom is -0.356 e. The summed E-state index contributed by atoms with van der Waals surface area (Å²) in [6.07, 6.45) is 0. The zero-order valence-corrected chi connectivity index (χ0v) is 15.5. The van der Waals surface area contributed by atoms with Gasteiger partial charge in [0.05, 0.1) is 10.9 Å². The second-order valence-corrected chi connectivity index (χ2v) is 7.78. The summed E-state index contributed by atoms with van der Waals surface area (Å²) in [6.45, 7) is 6.01. The number of nitrogens with one attached hydrogen (secondary N) is 2. The number of anilines is 1. The molecule has 0 aromatic heterocycles. The molecule has 2 aromatic carbocycles. The minimum absolute atomic E-state index is 0.0783. The van der Waals surface area contributed by atoms with E-state index in [4.69, 9.17) is 17.4 Å². The second-order valence-electron chi connectivity index (χ2n) is 5.81. The molecule has 1 atom stereocenters. The molecule has 2 rings (SSSR count). The lowest BCUT2D eigenvalue weighted by Gasteiger charge is -2.18. The van der Waals surface area contributed by atoms with Gasteiger partial charge in [-0.05, 0) is 73.9 Å². The van der Waals surface area contributed by atoms with Gasteiger partial charge in [0.1, 0.15) is 0 Å². The van der Waals surface area contributed by atoms with Crippen molar-refractivity contribution in [3.05, 3.63) is 59.2 Å². The van der Waals surface area contributed by atoms with Crippen LogP contribution in [-0.2, 0) is 10.0 Å². The number of primary sulfonamides is 1. The van der Waals surface area contributed by atoms with Crippen molar-refractivity contribution >= 4 is 33.0 Å². The van der Waals surface area contributed by atoms with E-state index in [0.717, 1.165) is 22.4 Å². The number of hydrogen-bond donors (Lipinski definition) is 3. The molecule has 0 saturated carbocycles. The van der Waals surface area contributed by atoms with Crippen LogP contribution >= 0.6 is 12.2 Å². The van der Waals surface area contributed by atoms with Crippen molar-refractivity contribution in [3.63, 3.8) is 0 Å². The molecular weight excluding hydrogens is 342 g/mol. The lowest BCUT2D eigenvalue weighted by Crippen LogP contribution is -2.31. The molecule has 5 nitrogen and oxygen atoms in total. The van der Waals surface area contributed by atoms with Gasteiger partial charge in [-0.25, -0.2) is 13.6 Å². The van der Waals surface area contributed by atoms with E-state index in [1.807, 2.05) is 32.9 Å². The molecule has 2 aromatic rings. The number of thiocarbonyl (C=S) groups is 1. The fourth-order valence-corrected chi connectivity index (χ4v) is 3.25. The molecule has 0 heterocycles. The zero-order valence-electron chi connectivity index (χ0n) is 13.8. The molecule has 0 aliphatic heterocycles. The summed E-state index contributed by atoms with van der Waals surface area (Å²) in [6, 6.07) is 12.5. The SMILES string of the molecule is Cc1cc(C)cc(NC(=S)N[C@H](C)c2ccc(S(N)(=O)=O)cc2)c1. The Hall–Kier alpha value is -1.96. The van der Waals surface area contributed by atoms with Gasteiger partial charge < -0.3 is 10.6 Å². The predicted molar refractivity (Wildman–Crippen MR) is 102 cm³/mol. The molecule has 0 aliphatic carbocycles. The molecule has 0 aliphatic rings. The van der Waals surface area contributed by atoms with Crippen LogP contribution in [0.4, 0.5) is 5.69 Å². The molecular formula is C17H21N3O2S2. The van der Waals surface area contributed by atoms with E-state index < -0.39 is 10.0 Å². The molecule has 0 radical (unpaired) electrons. The Bertz CT molecular complexity index is 826. The fraction of sp³-hybridized carbons (Fsp3) is 0.235. The van der Waals surface area contributed by atoms with Crippen LogP contribution in [0.3, 0.4) is 0 Å². The maximum atomic E-state index is 11.3. The average molecular weight is 364 g/mol. The van der Waals surface area contributed by atoms with Crippen LogP contribution in [0.25, 0.3) is 0 Å². The van der Waals surface area contributed by atoms with Gasteiger partial charge in [0.25, 0.3) is 0 Å². The van der Waals surface area contributed by atoms with E-state index >= 15 is 0 Å². The van der Waals surface area contributed by atoms with Crippen LogP contribution in [0.5, 0.6) is 0 Å². The number of benzene rings is 2. The maximum absolute atomic E-state index is 11.3. The Balaban J connectivity index is 2.03. The monoisotopic (exact) mass is 363 g/mol. The molecule has 0 spiro atoms. The normalized spacial score (nSPS) is 12.5. The number of sulfonamides is 1. The molecule has 0 fully saturated rings. The van der Waals surface area contributed by atoms with Crippen molar-refractivity contribution in [1.82, 2.24) is 5.32 Å². The third-order valence-electron chi connectivity index (χ3n) is 3.54.